The van der Waals surface area contributed by atoms with Gasteiger partial charge in [0.05, 0.1) is 25.5 Å². The van der Waals surface area contributed by atoms with E-state index >= 15 is 4.39 Å². The van der Waals surface area contributed by atoms with Crippen LogP contribution in [-0.2, 0) is 11.3 Å². The van der Waals surface area contributed by atoms with Crippen LogP contribution in [0.2, 0.25) is 0 Å². The van der Waals surface area contributed by atoms with E-state index in [0.717, 1.165) is 0 Å². The summed E-state index contributed by atoms with van der Waals surface area (Å²) in [6.07, 6.45) is 3.65. The molecule has 0 aliphatic heterocycles. The molecular formula is C27H40FN3O4. The van der Waals surface area contributed by atoms with Crippen molar-refractivity contribution in [2.24, 2.45) is 16.3 Å². The first-order valence-electron chi connectivity index (χ1n) is 12.2. The Hall–Kier alpha value is -2.87. The summed E-state index contributed by atoms with van der Waals surface area (Å²) in [4.78, 5) is 17.1. The number of ether oxygens (including phenoxy) is 2. The summed E-state index contributed by atoms with van der Waals surface area (Å²) >= 11 is 0. The number of benzene rings is 1. The van der Waals surface area contributed by atoms with Gasteiger partial charge in [0.25, 0.3) is 0 Å². The SMILES string of the molecule is CCNC1=C(O)C(C(C)(C)C)CC(C(=O)CNCc2cc(OCC)c(OCC)c(F)c2/C=N/C)=C1. The van der Waals surface area contributed by atoms with Gasteiger partial charge in [0.15, 0.2) is 23.1 Å². The zero-order chi connectivity index (χ0) is 26.2. The molecule has 1 aromatic rings. The number of rotatable bonds is 12. The van der Waals surface area contributed by atoms with E-state index in [-0.39, 0.29) is 36.0 Å². The quantitative estimate of drug-likeness (QED) is 0.369. The molecule has 0 saturated heterocycles. The van der Waals surface area contributed by atoms with Gasteiger partial charge in [-0.3, -0.25) is 9.79 Å². The third-order valence-corrected chi connectivity index (χ3v) is 5.88. The van der Waals surface area contributed by atoms with Crippen molar-refractivity contribution in [3.05, 3.63) is 46.1 Å². The maximum atomic E-state index is 15.2. The number of likely N-dealkylation sites (N-methyl/N-ethyl adjacent to an activating group) is 1. The van der Waals surface area contributed by atoms with Gasteiger partial charge in [-0.15, -0.1) is 0 Å². The lowest BCUT2D eigenvalue weighted by atomic mass is 9.73. The van der Waals surface area contributed by atoms with Crippen LogP contribution in [0.3, 0.4) is 0 Å². The fourth-order valence-corrected chi connectivity index (χ4v) is 4.11. The molecule has 1 aliphatic rings. The summed E-state index contributed by atoms with van der Waals surface area (Å²) in [6.45, 7) is 13.3. The number of nitrogens with one attached hydrogen (secondary N) is 2. The standard InChI is InChI=1S/C27H40FN3O4/c1-8-31-21-12-17(11-20(25(21)33)27(4,5)6)22(32)16-30-14-18-13-23(34-9-2)26(35-10-3)24(28)19(18)15-29-7/h12-13,15,20,30-31,33H,8-11,14,16H2,1-7H3/b29-15+. The predicted molar refractivity (Wildman–Crippen MR) is 138 cm³/mol. The second kappa shape index (κ2) is 12.7. The number of aliphatic imine (C=N–C) groups is 1. The lowest BCUT2D eigenvalue weighted by Gasteiger charge is -2.34. The Balaban J connectivity index is 2.24. The average Bonchev–Trinajstić information content (AvgIpc) is 2.79. The Morgan fingerprint density at radius 3 is 2.51 bits per heavy atom. The van der Waals surface area contributed by atoms with Crippen molar-refractivity contribution in [3.63, 3.8) is 0 Å². The third kappa shape index (κ3) is 7.07. The smallest absolute Gasteiger partial charge is 0.197 e. The van der Waals surface area contributed by atoms with Crippen LogP contribution in [0.5, 0.6) is 11.5 Å². The summed E-state index contributed by atoms with van der Waals surface area (Å²) in [5, 5.41) is 17.0. The maximum Gasteiger partial charge on any atom is 0.197 e. The number of Topliss-reactive ketones (excluding diaryl/α,β-unsaturated/α-hetero) is 1. The molecule has 0 saturated carbocycles. The number of hydrogen-bond acceptors (Lipinski definition) is 7. The van der Waals surface area contributed by atoms with Crippen molar-refractivity contribution < 1.29 is 23.8 Å². The van der Waals surface area contributed by atoms with Crippen LogP contribution in [0.1, 0.15) is 59.1 Å². The number of hydrogen-bond donors (Lipinski definition) is 3. The van der Waals surface area contributed by atoms with E-state index in [1.54, 1.807) is 26.1 Å². The van der Waals surface area contributed by atoms with E-state index < -0.39 is 5.82 Å². The van der Waals surface area contributed by atoms with E-state index in [4.69, 9.17) is 9.47 Å². The maximum absolute atomic E-state index is 15.2. The van der Waals surface area contributed by atoms with E-state index in [2.05, 4.69) is 36.4 Å². The summed E-state index contributed by atoms with van der Waals surface area (Å²) in [7, 11) is 1.57. The van der Waals surface area contributed by atoms with Gasteiger partial charge in [0.2, 0.25) is 0 Å². The van der Waals surface area contributed by atoms with Gasteiger partial charge in [-0.25, -0.2) is 4.39 Å². The zero-order valence-electron chi connectivity index (χ0n) is 22.0. The number of carbonyl (C=O) groups is 1. The van der Waals surface area contributed by atoms with Crippen LogP contribution in [0.15, 0.2) is 34.2 Å². The van der Waals surface area contributed by atoms with Crippen LogP contribution in [0, 0.1) is 17.2 Å². The van der Waals surface area contributed by atoms with Gasteiger partial charge in [-0.05, 0) is 55.9 Å². The Morgan fingerprint density at radius 1 is 1.26 bits per heavy atom. The van der Waals surface area contributed by atoms with Gasteiger partial charge in [0.1, 0.15) is 5.76 Å². The molecule has 2 rings (SSSR count). The minimum absolute atomic E-state index is 0.0622. The Labute approximate surface area is 208 Å². The van der Waals surface area contributed by atoms with Crippen molar-refractivity contribution in [1.29, 1.82) is 0 Å². The van der Waals surface area contributed by atoms with Crippen LogP contribution in [-0.4, -0.2) is 50.5 Å². The van der Waals surface area contributed by atoms with Gasteiger partial charge in [-0.1, -0.05) is 20.8 Å². The zero-order valence-corrected chi connectivity index (χ0v) is 22.0. The average molecular weight is 490 g/mol. The summed E-state index contributed by atoms with van der Waals surface area (Å²) in [6, 6.07) is 1.73. The topological polar surface area (TPSA) is 92.2 Å². The van der Waals surface area contributed by atoms with Crippen molar-refractivity contribution in [3.8, 4) is 11.5 Å². The minimum Gasteiger partial charge on any atom is -0.510 e. The molecule has 3 N–H and O–H groups in total. The van der Waals surface area contributed by atoms with E-state index in [9.17, 15) is 9.90 Å². The van der Waals surface area contributed by atoms with Gasteiger partial charge >= 0.3 is 0 Å². The number of nitrogens with zero attached hydrogens (tertiary/aromatic N) is 1. The number of ketones is 1. The van der Waals surface area contributed by atoms with Crippen LogP contribution in [0.4, 0.5) is 4.39 Å². The van der Waals surface area contributed by atoms with Gasteiger partial charge in [-0.2, -0.15) is 0 Å². The number of carbonyl (C=O) groups excluding carboxylic acids is 1. The van der Waals surface area contributed by atoms with Crippen LogP contribution in [0.25, 0.3) is 0 Å². The Kier molecular flexibility index (Phi) is 10.3. The van der Waals surface area contributed by atoms with Crippen molar-refractivity contribution >= 4 is 12.0 Å². The number of halogens is 1. The fourth-order valence-electron chi connectivity index (χ4n) is 4.11. The highest BCUT2D eigenvalue weighted by molar-refractivity contribution is 5.97. The fraction of sp³-hybridized carbons (Fsp3) is 0.556. The Bertz CT molecular complexity index is 993. The highest BCUT2D eigenvalue weighted by atomic mass is 19.1. The molecule has 0 bridgehead atoms. The lowest BCUT2D eigenvalue weighted by Crippen LogP contribution is -2.33. The molecule has 0 radical (unpaired) electrons. The number of allylic oxidation sites excluding steroid dienone is 2. The second-order valence-corrected chi connectivity index (χ2v) is 9.49. The second-order valence-electron chi connectivity index (χ2n) is 9.49. The van der Waals surface area contributed by atoms with Gasteiger partial charge in [0, 0.05) is 37.8 Å². The first kappa shape index (κ1) is 28.4. The minimum atomic E-state index is -0.537. The Morgan fingerprint density at radius 2 is 1.94 bits per heavy atom. The molecule has 1 aromatic carbocycles. The number of aliphatic hydroxyl groups excluding tert-OH is 1. The third-order valence-electron chi connectivity index (χ3n) is 5.88. The summed E-state index contributed by atoms with van der Waals surface area (Å²) in [5.74, 6) is -0.0911. The summed E-state index contributed by atoms with van der Waals surface area (Å²) < 4.78 is 26.3. The van der Waals surface area contributed by atoms with E-state index in [1.165, 1.54) is 6.21 Å². The molecule has 0 fully saturated rings. The van der Waals surface area contributed by atoms with Crippen molar-refractivity contribution in [1.82, 2.24) is 10.6 Å². The molecule has 7 nitrogen and oxygen atoms in total. The number of aliphatic hydroxyl groups is 1. The van der Waals surface area contributed by atoms with Crippen LogP contribution < -0.4 is 20.1 Å². The predicted octanol–water partition coefficient (Wildman–Crippen LogP) is 4.70. The monoisotopic (exact) mass is 489 g/mol. The molecule has 1 atom stereocenters. The highest BCUT2D eigenvalue weighted by Crippen LogP contribution is 2.40. The van der Waals surface area contributed by atoms with Crippen molar-refractivity contribution in [2.75, 3.05) is 33.4 Å². The molecule has 0 heterocycles. The van der Waals surface area contributed by atoms with Crippen molar-refractivity contribution in [2.45, 2.75) is 54.5 Å². The molecule has 0 amide bonds. The van der Waals surface area contributed by atoms with Crippen LogP contribution >= 0.6 is 0 Å². The highest BCUT2D eigenvalue weighted by Gasteiger charge is 2.34. The largest absolute Gasteiger partial charge is 0.510 e. The van der Waals surface area contributed by atoms with E-state index in [1.807, 2.05) is 13.8 Å². The van der Waals surface area contributed by atoms with E-state index in [0.29, 0.717) is 60.1 Å². The molecule has 0 spiro atoms. The normalized spacial score (nSPS) is 16.5. The summed E-state index contributed by atoms with van der Waals surface area (Å²) in [5.41, 5.74) is 1.95. The molecule has 0 aromatic heterocycles. The first-order valence-corrected chi connectivity index (χ1v) is 12.2. The lowest BCUT2D eigenvalue weighted by molar-refractivity contribution is -0.115. The molecule has 35 heavy (non-hydrogen) atoms. The van der Waals surface area contributed by atoms with Gasteiger partial charge < -0.3 is 25.2 Å². The molecule has 1 aliphatic carbocycles. The first-order chi connectivity index (χ1) is 16.6. The molecular weight excluding hydrogens is 449 g/mol. The molecule has 8 heteroatoms. The molecule has 194 valence electrons. The molecule has 1 unspecified atom stereocenters.